The molecule has 1 aromatic carbocycles. The Morgan fingerprint density at radius 3 is 2.29 bits per heavy atom. The molecule has 0 saturated carbocycles. The van der Waals surface area contributed by atoms with Gasteiger partial charge in [-0.25, -0.2) is 0 Å². The van der Waals surface area contributed by atoms with Crippen LogP contribution in [0.2, 0.25) is 0 Å². The highest BCUT2D eigenvalue weighted by Crippen LogP contribution is 2.32. The highest BCUT2D eigenvalue weighted by molar-refractivity contribution is 7.95. The molecule has 1 aromatic heterocycles. The number of para-hydroxylation sites is 1. The number of hydrogen-bond acceptors (Lipinski definition) is 8. The van der Waals surface area contributed by atoms with E-state index < -0.39 is 32.8 Å². The van der Waals surface area contributed by atoms with Crippen molar-refractivity contribution < 1.29 is 27.5 Å². The number of furan rings is 1. The number of carbonyl (C=O) groups is 2. The molecule has 35 heavy (non-hydrogen) atoms. The summed E-state index contributed by atoms with van der Waals surface area (Å²) in [5, 5.41) is 16.6. The predicted octanol–water partition coefficient (Wildman–Crippen LogP) is 2.19. The van der Waals surface area contributed by atoms with Crippen LogP contribution in [0, 0.1) is 6.92 Å². The fourth-order valence-corrected chi connectivity index (χ4v) is 4.75. The molecule has 0 fully saturated rings. The van der Waals surface area contributed by atoms with Crippen molar-refractivity contribution in [1.29, 1.82) is 0 Å². The van der Waals surface area contributed by atoms with Crippen molar-refractivity contribution in [1.82, 2.24) is 15.1 Å². The molecule has 188 valence electrons. The third-order valence-electron chi connectivity index (χ3n) is 5.29. The molecule has 2 aromatic rings. The second-order valence-corrected chi connectivity index (χ2v) is 9.94. The van der Waals surface area contributed by atoms with Gasteiger partial charge in [0, 0.05) is 28.2 Å². The summed E-state index contributed by atoms with van der Waals surface area (Å²) in [5.41, 5.74) is 0.00163. The number of benzene rings is 1. The third kappa shape index (κ3) is 5.16. The number of amides is 2. The van der Waals surface area contributed by atoms with Crippen LogP contribution in [0.3, 0.4) is 0 Å². The normalized spacial score (nSPS) is 15.4. The Kier molecular flexibility index (Phi) is 7.25. The number of aromatic hydroxyl groups is 1. The number of anilines is 1. The maximum absolute atomic E-state index is 13.0. The molecule has 2 amide bonds. The zero-order valence-corrected chi connectivity index (χ0v) is 21.2. The number of hydrogen-bond donors (Lipinski definition) is 3. The Morgan fingerprint density at radius 2 is 1.74 bits per heavy atom. The van der Waals surface area contributed by atoms with Gasteiger partial charge in [0.25, 0.3) is 21.8 Å². The number of sulfonamides is 1. The summed E-state index contributed by atoms with van der Waals surface area (Å²) < 4.78 is 35.4. The Morgan fingerprint density at radius 1 is 1.09 bits per heavy atom. The zero-order valence-electron chi connectivity index (χ0n) is 20.4. The van der Waals surface area contributed by atoms with Gasteiger partial charge in [-0.2, -0.15) is 8.42 Å². The van der Waals surface area contributed by atoms with E-state index in [0.29, 0.717) is 17.9 Å². The lowest BCUT2D eigenvalue weighted by atomic mass is 10.1. The topological polar surface area (TPSA) is 145 Å². The van der Waals surface area contributed by atoms with Crippen molar-refractivity contribution >= 4 is 33.4 Å². The lowest BCUT2D eigenvalue weighted by Gasteiger charge is -2.21. The van der Waals surface area contributed by atoms with Crippen LogP contribution in [-0.2, 0) is 14.8 Å². The molecule has 12 heteroatoms. The molecule has 0 saturated heterocycles. The van der Waals surface area contributed by atoms with Crippen LogP contribution in [0.25, 0.3) is 0 Å². The molecule has 0 unspecified atom stereocenters. The van der Waals surface area contributed by atoms with E-state index >= 15 is 0 Å². The van der Waals surface area contributed by atoms with E-state index in [1.807, 2.05) is 6.92 Å². The number of carbonyl (C=O) groups excluding carboxylic acids is 2. The summed E-state index contributed by atoms with van der Waals surface area (Å²) in [6.07, 6.45) is 0.505. The Hall–Kier alpha value is -3.80. The minimum absolute atomic E-state index is 0.0158. The van der Waals surface area contributed by atoms with Gasteiger partial charge in [0.05, 0.1) is 17.3 Å². The van der Waals surface area contributed by atoms with Crippen LogP contribution in [0.4, 0.5) is 5.69 Å². The molecule has 1 atom stereocenters. The van der Waals surface area contributed by atoms with Crippen LogP contribution >= 0.6 is 0 Å². The maximum atomic E-state index is 13.0. The number of nitrogens with one attached hydrogen (secondary N) is 2. The maximum Gasteiger partial charge on any atom is 0.292 e. The average Bonchev–Trinajstić information content (AvgIpc) is 3.31. The van der Waals surface area contributed by atoms with E-state index in [1.165, 1.54) is 37.2 Å². The molecule has 11 nitrogen and oxygen atoms in total. The highest BCUT2D eigenvalue weighted by Gasteiger charge is 2.39. The van der Waals surface area contributed by atoms with Crippen molar-refractivity contribution in [3.05, 3.63) is 58.0 Å². The number of phenols is 1. The fourth-order valence-electron chi connectivity index (χ4n) is 3.46. The molecular formula is C23H29N5O6S. The molecule has 2 heterocycles. The van der Waals surface area contributed by atoms with Gasteiger partial charge in [-0.15, -0.1) is 4.40 Å². The van der Waals surface area contributed by atoms with E-state index in [4.69, 9.17) is 4.42 Å². The van der Waals surface area contributed by atoms with Gasteiger partial charge in [0.15, 0.2) is 16.5 Å². The lowest BCUT2D eigenvalue weighted by molar-refractivity contribution is -0.124. The number of nitrogens with zero attached hydrogens (tertiary/aromatic N) is 3. The first-order valence-corrected chi connectivity index (χ1v) is 12.3. The molecule has 1 aliphatic heterocycles. The van der Waals surface area contributed by atoms with Gasteiger partial charge in [-0.1, -0.05) is 13.0 Å². The van der Waals surface area contributed by atoms with Crippen molar-refractivity contribution in [3.8, 4) is 5.75 Å². The molecular weight excluding hydrogens is 474 g/mol. The first-order valence-electron chi connectivity index (χ1n) is 10.8. The average molecular weight is 504 g/mol. The van der Waals surface area contributed by atoms with Crippen LogP contribution in [0.5, 0.6) is 5.75 Å². The van der Waals surface area contributed by atoms with E-state index in [0.717, 1.165) is 4.90 Å². The molecule has 3 N–H and O–H groups in total. The second kappa shape index (κ2) is 9.82. The van der Waals surface area contributed by atoms with Gasteiger partial charge in [0.2, 0.25) is 0 Å². The van der Waals surface area contributed by atoms with Crippen LogP contribution < -0.4 is 10.6 Å². The number of phenolic OH excluding ortho intramolecular Hbond substituents is 1. The molecule has 0 aliphatic carbocycles. The molecule has 3 rings (SSSR count). The van der Waals surface area contributed by atoms with E-state index in [1.54, 1.807) is 33.2 Å². The number of amidine groups is 1. The van der Waals surface area contributed by atoms with Crippen molar-refractivity contribution in [2.45, 2.75) is 26.3 Å². The first kappa shape index (κ1) is 25.8. The summed E-state index contributed by atoms with van der Waals surface area (Å²) in [6.45, 7) is 3.66. The number of rotatable bonds is 7. The molecule has 0 bridgehead atoms. The lowest BCUT2D eigenvalue weighted by Crippen LogP contribution is -2.33. The zero-order chi connectivity index (χ0) is 26.1. The minimum atomic E-state index is -4.37. The van der Waals surface area contributed by atoms with Crippen molar-refractivity contribution in [2.75, 3.05) is 33.5 Å². The van der Waals surface area contributed by atoms with Gasteiger partial charge >= 0.3 is 0 Å². The SMILES string of the molecule is CC[C@@H](NC1=C(C(=O)N(C)C)S(=O)(=O)N=C1Nc1cccc(C(=O)N(C)C)c1O)c1ccc(C)o1. The second-order valence-electron chi connectivity index (χ2n) is 8.40. The summed E-state index contributed by atoms with van der Waals surface area (Å²) in [4.78, 5) is 27.2. The summed E-state index contributed by atoms with van der Waals surface area (Å²) in [5.74, 6) is -0.548. The fraction of sp³-hybridized carbons (Fsp3) is 0.348. The van der Waals surface area contributed by atoms with Gasteiger partial charge < -0.3 is 30.0 Å². The van der Waals surface area contributed by atoms with Gasteiger partial charge in [0.1, 0.15) is 17.2 Å². The van der Waals surface area contributed by atoms with Crippen LogP contribution in [0.15, 0.2) is 49.7 Å². The van der Waals surface area contributed by atoms with Crippen molar-refractivity contribution in [2.24, 2.45) is 4.40 Å². The quantitative estimate of drug-likeness (QED) is 0.488. The monoisotopic (exact) mass is 503 g/mol. The molecule has 0 radical (unpaired) electrons. The Bertz CT molecular complexity index is 1320. The van der Waals surface area contributed by atoms with Crippen molar-refractivity contribution in [3.63, 3.8) is 0 Å². The molecule has 0 spiro atoms. The first-order chi connectivity index (χ1) is 16.4. The minimum Gasteiger partial charge on any atom is -0.505 e. The van der Waals surface area contributed by atoms with Gasteiger partial charge in [-0.05, 0) is 37.6 Å². The largest absolute Gasteiger partial charge is 0.505 e. The smallest absolute Gasteiger partial charge is 0.292 e. The third-order valence-corrected chi connectivity index (χ3v) is 6.61. The van der Waals surface area contributed by atoms with E-state index in [2.05, 4.69) is 15.0 Å². The standard InChI is InChI=1S/C23H29N5O6S/c1-7-15(17-12-11-13(2)34-17)24-18-20(23(31)28(5)6)35(32,33)26-21(18)25-16-10-8-9-14(19(16)29)22(30)27(3)4/h8-12,15,24,29H,7H2,1-6H3,(H,25,26)/t15-/m1/s1. The Labute approximate surface area is 204 Å². The highest BCUT2D eigenvalue weighted by atomic mass is 32.2. The van der Waals surface area contributed by atoms with Crippen LogP contribution in [-0.4, -0.2) is 69.2 Å². The predicted molar refractivity (Wildman–Crippen MR) is 131 cm³/mol. The van der Waals surface area contributed by atoms with E-state index in [-0.39, 0.29) is 28.5 Å². The Balaban J connectivity index is 2.10. The van der Waals surface area contributed by atoms with Crippen LogP contribution in [0.1, 0.15) is 41.3 Å². The summed E-state index contributed by atoms with van der Waals surface area (Å²) in [6, 6.07) is 7.52. The summed E-state index contributed by atoms with van der Waals surface area (Å²) in [7, 11) is 1.58. The number of likely N-dealkylation sites (N-methyl/N-ethyl adjacent to an activating group) is 1. The van der Waals surface area contributed by atoms with Gasteiger partial charge in [-0.3, -0.25) is 9.59 Å². The van der Waals surface area contributed by atoms with E-state index in [9.17, 15) is 23.1 Å². The molecule has 1 aliphatic rings. The summed E-state index contributed by atoms with van der Waals surface area (Å²) >= 11 is 0. The number of aryl methyl sites for hydroxylation is 1.